The number of hydrogen-bond acceptors (Lipinski definition) is 3. The van der Waals surface area contributed by atoms with E-state index in [1.54, 1.807) is 6.08 Å². The number of ether oxygens (including phenoxy) is 2. The average Bonchev–Trinajstić information content (AvgIpc) is 1.89. The second kappa shape index (κ2) is 6.74. The highest BCUT2D eigenvalue weighted by atomic mass is 16.6. The Kier molecular flexibility index (Phi) is 6.48. The van der Waals surface area contributed by atoms with Crippen LogP contribution in [0, 0.1) is 0 Å². The van der Waals surface area contributed by atoms with Gasteiger partial charge in [0.25, 0.3) is 0 Å². The van der Waals surface area contributed by atoms with Crippen LogP contribution in [0.1, 0.15) is 6.92 Å². The van der Waals surface area contributed by atoms with Crippen LogP contribution in [-0.4, -0.2) is 31.2 Å². The van der Waals surface area contributed by atoms with E-state index >= 15 is 0 Å². The van der Waals surface area contributed by atoms with Crippen molar-refractivity contribution >= 4 is 0 Å². The second-order valence-electron chi connectivity index (χ2n) is 1.74. The number of aliphatic hydroxyl groups is 1. The molecule has 0 aliphatic heterocycles. The Balaban J connectivity index is 3.04. The number of hydrogen-bond donors (Lipinski definition) is 1. The summed E-state index contributed by atoms with van der Waals surface area (Å²) in [6.07, 6.45) is 0.823. The normalized spacial score (nSPS) is 13.0. The summed E-state index contributed by atoms with van der Waals surface area (Å²) in [7, 11) is 0. The summed E-state index contributed by atoms with van der Waals surface area (Å²) in [6.45, 7) is 6.43. The van der Waals surface area contributed by atoms with Crippen LogP contribution in [0.15, 0.2) is 12.7 Å². The van der Waals surface area contributed by atoms with Crippen molar-refractivity contribution in [1.29, 1.82) is 0 Å². The van der Waals surface area contributed by atoms with Gasteiger partial charge in [0, 0.05) is 6.61 Å². The standard InChI is InChI=1S/C7H14O3/c1-3-5-9-6-7(8)10-4-2/h3,7-8H,1,4-6H2,2H3. The van der Waals surface area contributed by atoms with Gasteiger partial charge < -0.3 is 14.6 Å². The van der Waals surface area contributed by atoms with E-state index in [1.165, 1.54) is 0 Å². The smallest absolute Gasteiger partial charge is 0.178 e. The van der Waals surface area contributed by atoms with Gasteiger partial charge in [-0.05, 0) is 6.92 Å². The predicted octanol–water partition coefficient (Wildman–Crippen LogP) is 0.544. The van der Waals surface area contributed by atoms with Crippen LogP contribution < -0.4 is 0 Å². The van der Waals surface area contributed by atoms with Crippen LogP contribution in [0.5, 0.6) is 0 Å². The molecular formula is C7H14O3. The quantitative estimate of drug-likeness (QED) is 0.338. The van der Waals surface area contributed by atoms with Crippen molar-refractivity contribution in [2.45, 2.75) is 13.2 Å². The summed E-state index contributed by atoms with van der Waals surface area (Å²) in [4.78, 5) is 0. The molecule has 10 heavy (non-hydrogen) atoms. The highest BCUT2D eigenvalue weighted by Gasteiger charge is 1.99. The highest BCUT2D eigenvalue weighted by Crippen LogP contribution is 1.87. The second-order valence-corrected chi connectivity index (χ2v) is 1.74. The molecule has 0 spiro atoms. The van der Waals surface area contributed by atoms with Crippen LogP contribution in [0.2, 0.25) is 0 Å². The van der Waals surface area contributed by atoms with Gasteiger partial charge in [-0.3, -0.25) is 0 Å². The molecule has 0 aromatic heterocycles. The van der Waals surface area contributed by atoms with Gasteiger partial charge in [0.2, 0.25) is 0 Å². The molecule has 3 nitrogen and oxygen atoms in total. The van der Waals surface area contributed by atoms with E-state index < -0.39 is 6.29 Å². The lowest BCUT2D eigenvalue weighted by Gasteiger charge is -2.08. The van der Waals surface area contributed by atoms with Crippen molar-refractivity contribution in [2.24, 2.45) is 0 Å². The molecule has 0 saturated carbocycles. The zero-order valence-electron chi connectivity index (χ0n) is 6.25. The fourth-order valence-corrected chi connectivity index (χ4v) is 0.493. The third-order valence-corrected chi connectivity index (χ3v) is 0.855. The largest absolute Gasteiger partial charge is 0.372 e. The molecule has 3 heteroatoms. The van der Waals surface area contributed by atoms with Crippen LogP contribution in [0.25, 0.3) is 0 Å². The Morgan fingerprint density at radius 2 is 2.40 bits per heavy atom. The fraction of sp³-hybridized carbons (Fsp3) is 0.714. The van der Waals surface area contributed by atoms with Crippen molar-refractivity contribution in [2.75, 3.05) is 19.8 Å². The van der Waals surface area contributed by atoms with E-state index in [-0.39, 0.29) is 6.61 Å². The minimum absolute atomic E-state index is 0.208. The highest BCUT2D eigenvalue weighted by molar-refractivity contribution is 4.63. The van der Waals surface area contributed by atoms with Crippen molar-refractivity contribution in [3.05, 3.63) is 12.7 Å². The van der Waals surface area contributed by atoms with Gasteiger partial charge in [0.05, 0.1) is 13.2 Å². The fourth-order valence-electron chi connectivity index (χ4n) is 0.493. The molecule has 0 heterocycles. The minimum atomic E-state index is -0.801. The molecule has 1 atom stereocenters. The SMILES string of the molecule is C=CCOCC(O)OCC. The van der Waals surface area contributed by atoms with Gasteiger partial charge >= 0.3 is 0 Å². The lowest BCUT2D eigenvalue weighted by molar-refractivity contribution is -0.131. The van der Waals surface area contributed by atoms with Gasteiger partial charge in [0.1, 0.15) is 0 Å². The molecule has 0 rings (SSSR count). The van der Waals surface area contributed by atoms with Gasteiger partial charge in [-0.15, -0.1) is 6.58 Å². The molecule has 1 unspecified atom stereocenters. The molecule has 0 bridgehead atoms. The Bertz CT molecular complexity index is 82.9. The summed E-state index contributed by atoms with van der Waals surface area (Å²) in [5.74, 6) is 0. The first-order valence-corrected chi connectivity index (χ1v) is 3.29. The van der Waals surface area contributed by atoms with Crippen LogP contribution in [0.4, 0.5) is 0 Å². The van der Waals surface area contributed by atoms with Crippen molar-refractivity contribution in [3.8, 4) is 0 Å². The Hall–Kier alpha value is -0.380. The van der Waals surface area contributed by atoms with E-state index in [4.69, 9.17) is 14.6 Å². The Morgan fingerprint density at radius 3 is 2.90 bits per heavy atom. The molecular weight excluding hydrogens is 132 g/mol. The zero-order valence-corrected chi connectivity index (χ0v) is 6.25. The maximum absolute atomic E-state index is 8.89. The van der Waals surface area contributed by atoms with Crippen molar-refractivity contribution < 1.29 is 14.6 Å². The molecule has 0 amide bonds. The van der Waals surface area contributed by atoms with E-state index in [0.717, 1.165) is 0 Å². The van der Waals surface area contributed by atoms with Gasteiger partial charge in [-0.25, -0.2) is 0 Å². The Labute approximate surface area is 61.3 Å². The molecule has 0 aliphatic rings. The third-order valence-electron chi connectivity index (χ3n) is 0.855. The van der Waals surface area contributed by atoms with E-state index in [2.05, 4.69) is 6.58 Å². The first-order chi connectivity index (χ1) is 4.81. The molecule has 0 aromatic rings. The molecule has 0 radical (unpaired) electrons. The number of rotatable bonds is 6. The van der Waals surface area contributed by atoms with Crippen molar-refractivity contribution in [3.63, 3.8) is 0 Å². The monoisotopic (exact) mass is 146 g/mol. The molecule has 0 aromatic carbocycles. The van der Waals surface area contributed by atoms with Gasteiger partial charge in [-0.2, -0.15) is 0 Å². The average molecular weight is 146 g/mol. The summed E-state index contributed by atoms with van der Waals surface area (Å²) < 4.78 is 9.69. The van der Waals surface area contributed by atoms with Crippen LogP contribution in [0.3, 0.4) is 0 Å². The molecule has 0 saturated heterocycles. The van der Waals surface area contributed by atoms with E-state index in [0.29, 0.717) is 13.2 Å². The molecule has 0 aliphatic carbocycles. The van der Waals surface area contributed by atoms with Gasteiger partial charge in [0.15, 0.2) is 6.29 Å². The third kappa shape index (κ3) is 5.75. The van der Waals surface area contributed by atoms with Crippen LogP contribution >= 0.6 is 0 Å². The topological polar surface area (TPSA) is 38.7 Å². The summed E-state index contributed by atoms with van der Waals surface area (Å²) in [6, 6.07) is 0. The minimum Gasteiger partial charge on any atom is -0.372 e. The lowest BCUT2D eigenvalue weighted by Crippen LogP contribution is -2.18. The van der Waals surface area contributed by atoms with E-state index in [1.807, 2.05) is 6.92 Å². The first kappa shape index (κ1) is 9.62. The number of aliphatic hydroxyl groups excluding tert-OH is 1. The van der Waals surface area contributed by atoms with Crippen LogP contribution in [-0.2, 0) is 9.47 Å². The molecule has 60 valence electrons. The molecule has 0 fully saturated rings. The summed E-state index contributed by atoms with van der Waals surface area (Å²) in [5.41, 5.74) is 0. The molecule has 1 N–H and O–H groups in total. The maximum Gasteiger partial charge on any atom is 0.178 e. The Morgan fingerprint density at radius 1 is 1.70 bits per heavy atom. The summed E-state index contributed by atoms with van der Waals surface area (Å²) in [5, 5.41) is 8.89. The summed E-state index contributed by atoms with van der Waals surface area (Å²) >= 11 is 0. The lowest BCUT2D eigenvalue weighted by atomic mass is 10.6. The zero-order chi connectivity index (χ0) is 7.82. The van der Waals surface area contributed by atoms with E-state index in [9.17, 15) is 0 Å². The predicted molar refractivity (Wildman–Crippen MR) is 38.6 cm³/mol. The first-order valence-electron chi connectivity index (χ1n) is 3.29. The van der Waals surface area contributed by atoms with Crippen molar-refractivity contribution in [1.82, 2.24) is 0 Å². The maximum atomic E-state index is 8.89. The van der Waals surface area contributed by atoms with Gasteiger partial charge in [-0.1, -0.05) is 6.08 Å².